The molecular formula is C13H23N3O4. The minimum Gasteiger partial charge on any atom is -0.304 e. The Morgan fingerprint density at radius 1 is 1.00 bits per heavy atom. The summed E-state index contributed by atoms with van der Waals surface area (Å²) in [6, 6.07) is 0. The van der Waals surface area contributed by atoms with E-state index in [0.717, 1.165) is 0 Å². The van der Waals surface area contributed by atoms with Crippen molar-refractivity contribution in [1.29, 1.82) is 0 Å². The average molecular weight is 285 g/mol. The molecule has 0 bridgehead atoms. The highest BCUT2D eigenvalue weighted by molar-refractivity contribution is 6.29. The summed E-state index contributed by atoms with van der Waals surface area (Å²) in [6.07, 6.45) is 0.575. The standard InChI is InChI=1S/C13H23N3O4/c1-12(2,10(19)8-17)14-6-7-16(5)15-13(3,4)11(20)9-18/h8-9,14-15H,6-7H2,1-5H3. The number of nitrogens with zero attached hydrogens (tertiary/aromatic N) is 1. The number of hydrazine groups is 1. The fourth-order valence-corrected chi connectivity index (χ4v) is 1.51. The first-order valence-corrected chi connectivity index (χ1v) is 6.30. The summed E-state index contributed by atoms with van der Waals surface area (Å²) in [5.41, 5.74) is 0.993. The van der Waals surface area contributed by atoms with Crippen molar-refractivity contribution in [2.75, 3.05) is 20.1 Å². The third-order valence-corrected chi connectivity index (χ3v) is 2.93. The number of carbonyl (C=O) groups excluding carboxylic acids is 4. The van der Waals surface area contributed by atoms with E-state index in [4.69, 9.17) is 0 Å². The van der Waals surface area contributed by atoms with Gasteiger partial charge in [0, 0.05) is 20.1 Å². The van der Waals surface area contributed by atoms with Crippen molar-refractivity contribution in [2.24, 2.45) is 0 Å². The molecule has 0 fully saturated rings. The molecule has 20 heavy (non-hydrogen) atoms. The molecule has 0 saturated heterocycles. The lowest BCUT2D eigenvalue weighted by atomic mass is 10.0. The van der Waals surface area contributed by atoms with Crippen LogP contribution in [0.1, 0.15) is 27.7 Å². The molecule has 0 aliphatic carbocycles. The van der Waals surface area contributed by atoms with Gasteiger partial charge in [-0.15, -0.1) is 0 Å². The average Bonchev–Trinajstić information content (AvgIpc) is 2.35. The number of nitrogens with one attached hydrogen (secondary N) is 2. The first-order chi connectivity index (χ1) is 9.06. The molecule has 7 heteroatoms. The molecule has 0 aliphatic heterocycles. The minimum atomic E-state index is -0.982. The number of carbonyl (C=O) groups is 4. The van der Waals surface area contributed by atoms with Gasteiger partial charge in [0.15, 0.2) is 12.6 Å². The fourth-order valence-electron chi connectivity index (χ4n) is 1.51. The fraction of sp³-hybridized carbons (Fsp3) is 0.692. The molecule has 0 aromatic heterocycles. The van der Waals surface area contributed by atoms with Crippen LogP contribution in [0.15, 0.2) is 0 Å². The molecule has 0 unspecified atom stereocenters. The molecule has 0 saturated carbocycles. The Hall–Kier alpha value is -1.44. The zero-order valence-corrected chi connectivity index (χ0v) is 12.6. The number of aldehydes is 2. The maximum atomic E-state index is 11.4. The van der Waals surface area contributed by atoms with Gasteiger partial charge in [0.25, 0.3) is 0 Å². The number of hydrogen-bond donors (Lipinski definition) is 2. The maximum absolute atomic E-state index is 11.4. The SMILES string of the molecule is CN(CCNC(C)(C)C(=O)C=O)NC(C)(C)C(=O)C=O. The van der Waals surface area contributed by atoms with E-state index in [0.29, 0.717) is 19.4 Å². The number of hydrogen-bond acceptors (Lipinski definition) is 7. The predicted octanol–water partition coefficient (Wildman–Crippen LogP) is -0.894. The highest BCUT2D eigenvalue weighted by Gasteiger charge is 2.29. The Labute approximate surface area is 119 Å². The summed E-state index contributed by atoms with van der Waals surface area (Å²) in [5, 5.41) is 4.60. The Balaban J connectivity index is 4.28. The summed E-state index contributed by atoms with van der Waals surface area (Å²) < 4.78 is 0. The van der Waals surface area contributed by atoms with E-state index in [9.17, 15) is 19.2 Å². The Bertz CT molecular complexity index is 391. The van der Waals surface area contributed by atoms with E-state index in [2.05, 4.69) is 10.7 Å². The van der Waals surface area contributed by atoms with Gasteiger partial charge in [-0.3, -0.25) is 19.2 Å². The van der Waals surface area contributed by atoms with Gasteiger partial charge in [0.1, 0.15) is 0 Å². The quantitative estimate of drug-likeness (QED) is 0.305. The highest BCUT2D eigenvalue weighted by Crippen LogP contribution is 2.04. The Morgan fingerprint density at radius 2 is 1.45 bits per heavy atom. The van der Waals surface area contributed by atoms with Crippen LogP contribution in [0.5, 0.6) is 0 Å². The third-order valence-electron chi connectivity index (χ3n) is 2.93. The van der Waals surface area contributed by atoms with E-state index < -0.39 is 22.6 Å². The Kier molecular flexibility index (Phi) is 6.84. The van der Waals surface area contributed by atoms with Crippen LogP contribution in [0.3, 0.4) is 0 Å². The first kappa shape index (κ1) is 18.6. The minimum absolute atomic E-state index is 0.283. The number of ketones is 2. The molecule has 0 aliphatic rings. The summed E-state index contributed by atoms with van der Waals surface area (Å²) >= 11 is 0. The van der Waals surface area contributed by atoms with Crippen LogP contribution in [0.25, 0.3) is 0 Å². The van der Waals surface area contributed by atoms with Crippen LogP contribution < -0.4 is 10.7 Å². The molecule has 114 valence electrons. The molecule has 0 aromatic rings. The molecule has 0 rings (SSSR count). The lowest BCUT2D eigenvalue weighted by Crippen LogP contribution is -2.56. The summed E-state index contributed by atoms with van der Waals surface area (Å²) in [4.78, 5) is 43.7. The number of rotatable bonds is 10. The van der Waals surface area contributed by atoms with Gasteiger partial charge in [-0.1, -0.05) is 0 Å². The highest BCUT2D eigenvalue weighted by atomic mass is 16.2. The molecule has 0 aromatic carbocycles. The van der Waals surface area contributed by atoms with Gasteiger partial charge >= 0.3 is 0 Å². The zero-order chi connectivity index (χ0) is 16.0. The van der Waals surface area contributed by atoms with Crippen molar-refractivity contribution in [3.63, 3.8) is 0 Å². The molecule has 0 amide bonds. The van der Waals surface area contributed by atoms with Crippen molar-refractivity contribution < 1.29 is 19.2 Å². The van der Waals surface area contributed by atoms with E-state index in [1.54, 1.807) is 39.8 Å². The first-order valence-electron chi connectivity index (χ1n) is 6.30. The van der Waals surface area contributed by atoms with E-state index >= 15 is 0 Å². The van der Waals surface area contributed by atoms with E-state index in [1.165, 1.54) is 0 Å². The molecule has 7 nitrogen and oxygen atoms in total. The second-order valence-electron chi connectivity index (χ2n) is 5.67. The van der Waals surface area contributed by atoms with Crippen LogP contribution in [-0.2, 0) is 19.2 Å². The number of likely N-dealkylation sites (N-methyl/N-ethyl adjacent to an activating group) is 1. The van der Waals surface area contributed by atoms with E-state index in [-0.39, 0.29) is 6.29 Å². The third kappa shape index (κ3) is 5.68. The van der Waals surface area contributed by atoms with Crippen molar-refractivity contribution in [1.82, 2.24) is 15.8 Å². The molecule has 0 spiro atoms. The normalized spacial score (nSPS) is 12.3. The van der Waals surface area contributed by atoms with Crippen molar-refractivity contribution in [3.8, 4) is 0 Å². The van der Waals surface area contributed by atoms with Gasteiger partial charge in [0.05, 0.1) is 11.1 Å². The zero-order valence-electron chi connectivity index (χ0n) is 12.6. The molecular weight excluding hydrogens is 262 g/mol. The monoisotopic (exact) mass is 285 g/mol. The van der Waals surface area contributed by atoms with Gasteiger partial charge < -0.3 is 5.32 Å². The second kappa shape index (κ2) is 7.37. The predicted molar refractivity (Wildman–Crippen MR) is 74.1 cm³/mol. The molecule has 0 radical (unpaired) electrons. The topological polar surface area (TPSA) is 95.6 Å². The second-order valence-corrected chi connectivity index (χ2v) is 5.67. The number of Topliss-reactive ketones (excluding diaryl/α,β-unsaturated/α-hetero) is 2. The van der Waals surface area contributed by atoms with Crippen LogP contribution in [0.2, 0.25) is 0 Å². The van der Waals surface area contributed by atoms with Crippen molar-refractivity contribution in [3.05, 3.63) is 0 Å². The largest absolute Gasteiger partial charge is 0.304 e. The lowest BCUT2D eigenvalue weighted by Gasteiger charge is -2.30. The smallest absolute Gasteiger partial charge is 0.215 e. The Morgan fingerprint density at radius 3 is 1.90 bits per heavy atom. The molecule has 0 heterocycles. The molecule has 0 atom stereocenters. The summed E-state index contributed by atoms with van der Waals surface area (Å²) in [6.45, 7) is 7.36. The summed E-state index contributed by atoms with van der Waals surface area (Å²) in [7, 11) is 1.72. The van der Waals surface area contributed by atoms with Crippen LogP contribution >= 0.6 is 0 Å². The van der Waals surface area contributed by atoms with Crippen molar-refractivity contribution >= 4 is 24.1 Å². The van der Waals surface area contributed by atoms with E-state index in [1.807, 2.05) is 0 Å². The lowest BCUT2D eigenvalue weighted by molar-refractivity contribution is -0.135. The van der Waals surface area contributed by atoms with Gasteiger partial charge in [-0.2, -0.15) is 0 Å². The summed E-state index contributed by atoms with van der Waals surface area (Å²) in [5.74, 6) is -1.07. The van der Waals surface area contributed by atoms with Gasteiger partial charge in [-0.05, 0) is 27.7 Å². The van der Waals surface area contributed by atoms with Crippen LogP contribution in [-0.4, -0.2) is 60.4 Å². The van der Waals surface area contributed by atoms with Crippen molar-refractivity contribution in [2.45, 2.75) is 38.8 Å². The van der Waals surface area contributed by atoms with Crippen LogP contribution in [0, 0.1) is 0 Å². The van der Waals surface area contributed by atoms with Gasteiger partial charge in [-0.25, -0.2) is 10.4 Å². The maximum Gasteiger partial charge on any atom is 0.215 e. The van der Waals surface area contributed by atoms with Gasteiger partial charge in [0.2, 0.25) is 11.6 Å². The van der Waals surface area contributed by atoms with Crippen LogP contribution in [0.4, 0.5) is 0 Å². The molecule has 2 N–H and O–H groups in total.